The van der Waals surface area contributed by atoms with Gasteiger partial charge in [0.15, 0.2) is 11.6 Å². The minimum atomic E-state index is -1.21. The van der Waals surface area contributed by atoms with E-state index >= 15 is 0 Å². The van der Waals surface area contributed by atoms with E-state index in [1.165, 1.54) is 12.1 Å². The number of nitrogens with one attached hydrogen (secondary N) is 1. The highest BCUT2D eigenvalue weighted by molar-refractivity contribution is 5.90. The second-order valence-electron chi connectivity index (χ2n) is 4.92. The molecule has 1 fully saturated rings. The molecule has 1 heterocycles. The number of anilines is 1. The van der Waals surface area contributed by atoms with Crippen molar-refractivity contribution in [1.82, 2.24) is 4.90 Å². The number of ether oxygens (including phenoxy) is 2. The van der Waals surface area contributed by atoms with Crippen LogP contribution in [0.4, 0.5) is 14.5 Å². The molecule has 1 aliphatic heterocycles. The first-order chi connectivity index (χ1) is 10.0. The number of likely N-dealkylation sites (N-methyl/N-ethyl adjacent to an activating group) is 1. The zero-order valence-electron chi connectivity index (χ0n) is 12.0. The molecule has 0 amide bonds. The number of hydrogen-bond acceptors (Lipinski definition) is 5. The first kappa shape index (κ1) is 15.7. The van der Waals surface area contributed by atoms with Crippen LogP contribution in [0.3, 0.4) is 0 Å². The Morgan fingerprint density at radius 2 is 2.24 bits per heavy atom. The third kappa shape index (κ3) is 3.68. The van der Waals surface area contributed by atoms with E-state index in [9.17, 15) is 13.6 Å². The zero-order chi connectivity index (χ0) is 15.4. The molecule has 0 spiro atoms. The molecule has 21 heavy (non-hydrogen) atoms. The van der Waals surface area contributed by atoms with Gasteiger partial charge >= 0.3 is 5.97 Å². The molecule has 1 atom stereocenters. The average Bonchev–Trinajstić information content (AvgIpc) is 2.48. The summed E-state index contributed by atoms with van der Waals surface area (Å²) < 4.78 is 37.6. The molecule has 2 rings (SSSR count). The smallest absolute Gasteiger partial charge is 0.340 e. The lowest BCUT2D eigenvalue weighted by atomic mass is 10.1. The predicted molar refractivity (Wildman–Crippen MR) is 73.4 cm³/mol. The summed E-state index contributed by atoms with van der Waals surface area (Å²) in [5.74, 6) is -3.22. The number of esters is 1. The van der Waals surface area contributed by atoms with Crippen LogP contribution in [0.1, 0.15) is 10.4 Å². The number of nitrogens with zero attached hydrogens (tertiary/aromatic N) is 1. The molecule has 1 saturated heterocycles. The van der Waals surface area contributed by atoms with Crippen LogP contribution in [-0.2, 0) is 9.47 Å². The predicted octanol–water partition coefficient (Wildman–Crippen LogP) is 1.49. The molecule has 0 saturated carbocycles. The molecule has 0 bridgehead atoms. The monoisotopic (exact) mass is 300 g/mol. The van der Waals surface area contributed by atoms with Crippen molar-refractivity contribution in [1.29, 1.82) is 0 Å². The lowest BCUT2D eigenvalue weighted by Crippen LogP contribution is -2.43. The molecule has 7 heteroatoms. The molecule has 1 unspecified atom stereocenters. The average molecular weight is 300 g/mol. The number of methoxy groups -OCH3 is 1. The van der Waals surface area contributed by atoms with E-state index in [2.05, 4.69) is 15.0 Å². The van der Waals surface area contributed by atoms with E-state index in [-0.39, 0.29) is 11.8 Å². The standard InChI is InChI=1S/C14H18F2N2O3/c1-18-5-6-21-9(8-18)7-17-11-4-3-10(14(19)20-2)12(15)13(11)16/h3-4,9,17H,5-8H2,1-2H3. The fourth-order valence-corrected chi connectivity index (χ4v) is 2.17. The Hall–Kier alpha value is -1.73. The second-order valence-corrected chi connectivity index (χ2v) is 4.92. The maximum absolute atomic E-state index is 13.9. The first-order valence-corrected chi connectivity index (χ1v) is 6.63. The summed E-state index contributed by atoms with van der Waals surface area (Å²) in [5.41, 5.74) is -0.425. The van der Waals surface area contributed by atoms with Crippen molar-refractivity contribution in [3.8, 4) is 0 Å². The molecule has 1 aromatic rings. The van der Waals surface area contributed by atoms with Gasteiger partial charge in [0.05, 0.1) is 31.1 Å². The lowest BCUT2D eigenvalue weighted by molar-refractivity contribution is -0.0117. The number of hydrogen-bond donors (Lipinski definition) is 1. The zero-order valence-corrected chi connectivity index (χ0v) is 12.0. The van der Waals surface area contributed by atoms with Crippen molar-refractivity contribution in [3.63, 3.8) is 0 Å². The van der Waals surface area contributed by atoms with Gasteiger partial charge in [-0.3, -0.25) is 0 Å². The van der Waals surface area contributed by atoms with Crippen molar-refractivity contribution in [2.45, 2.75) is 6.10 Å². The lowest BCUT2D eigenvalue weighted by Gasteiger charge is -2.30. The van der Waals surface area contributed by atoms with Crippen molar-refractivity contribution >= 4 is 11.7 Å². The number of carbonyl (C=O) groups is 1. The quantitative estimate of drug-likeness (QED) is 0.854. The van der Waals surface area contributed by atoms with Crippen molar-refractivity contribution < 1.29 is 23.0 Å². The molecule has 1 aliphatic rings. The fraction of sp³-hybridized carbons (Fsp3) is 0.500. The molecule has 0 aromatic heterocycles. The number of benzene rings is 1. The Bertz CT molecular complexity index is 525. The van der Waals surface area contributed by atoms with Crippen LogP contribution in [0.15, 0.2) is 12.1 Å². The molecule has 116 valence electrons. The van der Waals surface area contributed by atoms with Gasteiger partial charge in [0.2, 0.25) is 0 Å². The molecule has 1 N–H and O–H groups in total. The van der Waals surface area contributed by atoms with Crippen LogP contribution in [0.5, 0.6) is 0 Å². The van der Waals surface area contributed by atoms with Crippen molar-refractivity contribution in [2.24, 2.45) is 0 Å². The van der Waals surface area contributed by atoms with Gasteiger partial charge in [-0.05, 0) is 19.2 Å². The highest BCUT2D eigenvalue weighted by Gasteiger charge is 2.21. The largest absolute Gasteiger partial charge is 0.465 e. The number of halogens is 2. The summed E-state index contributed by atoms with van der Waals surface area (Å²) in [6.07, 6.45) is -0.0912. The van der Waals surface area contributed by atoms with E-state index in [1.54, 1.807) is 0 Å². The topological polar surface area (TPSA) is 50.8 Å². The summed E-state index contributed by atoms with van der Waals surface area (Å²) in [4.78, 5) is 13.4. The summed E-state index contributed by atoms with van der Waals surface area (Å²) in [5, 5.41) is 2.81. The Labute approximate surface area is 121 Å². The van der Waals surface area contributed by atoms with Crippen LogP contribution in [0.2, 0.25) is 0 Å². The summed E-state index contributed by atoms with van der Waals surface area (Å²) >= 11 is 0. The Morgan fingerprint density at radius 3 is 2.90 bits per heavy atom. The van der Waals surface area contributed by atoms with Crippen molar-refractivity contribution in [2.75, 3.05) is 45.7 Å². The maximum atomic E-state index is 13.9. The third-order valence-corrected chi connectivity index (χ3v) is 3.35. The number of morpholine rings is 1. The minimum Gasteiger partial charge on any atom is -0.465 e. The SMILES string of the molecule is COC(=O)c1ccc(NCC2CN(C)CCO2)c(F)c1F. The van der Waals surface area contributed by atoms with Crippen LogP contribution < -0.4 is 5.32 Å². The van der Waals surface area contributed by atoms with Crippen LogP contribution >= 0.6 is 0 Å². The molecule has 0 radical (unpaired) electrons. The molecule has 1 aromatic carbocycles. The molecule has 5 nitrogen and oxygen atoms in total. The van der Waals surface area contributed by atoms with E-state index in [1.807, 2.05) is 7.05 Å². The number of rotatable bonds is 4. The molecular weight excluding hydrogens is 282 g/mol. The Morgan fingerprint density at radius 1 is 1.48 bits per heavy atom. The molecular formula is C14H18F2N2O3. The van der Waals surface area contributed by atoms with Crippen LogP contribution in [0, 0.1) is 11.6 Å². The normalized spacial score (nSPS) is 19.3. The van der Waals surface area contributed by atoms with Gasteiger partial charge < -0.3 is 19.7 Å². The van der Waals surface area contributed by atoms with Gasteiger partial charge in [-0.25, -0.2) is 13.6 Å². The van der Waals surface area contributed by atoms with Crippen LogP contribution in [-0.4, -0.2) is 57.4 Å². The van der Waals surface area contributed by atoms with E-state index < -0.39 is 23.2 Å². The summed E-state index contributed by atoms with van der Waals surface area (Å²) in [6, 6.07) is 2.51. The van der Waals surface area contributed by atoms with Gasteiger partial charge in [-0.1, -0.05) is 0 Å². The maximum Gasteiger partial charge on any atom is 0.340 e. The Balaban J connectivity index is 2.04. The van der Waals surface area contributed by atoms with Gasteiger partial charge in [-0.15, -0.1) is 0 Å². The van der Waals surface area contributed by atoms with Crippen molar-refractivity contribution in [3.05, 3.63) is 29.3 Å². The molecule has 0 aliphatic carbocycles. The van der Waals surface area contributed by atoms with E-state index in [4.69, 9.17) is 4.74 Å². The summed E-state index contributed by atoms with van der Waals surface area (Å²) in [6.45, 7) is 2.55. The van der Waals surface area contributed by atoms with E-state index in [0.29, 0.717) is 13.2 Å². The fourth-order valence-electron chi connectivity index (χ4n) is 2.17. The summed E-state index contributed by atoms with van der Waals surface area (Å²) in [7, 11) is 3.09. The van der Waals surface area contributed by atoms with Gasteiger partial charge in [0.1, 0.15) is 0 Å². The highest BCUT2D eigenvalue weighted by atomic mass is 19.2. The van der Waals surface area contributed by atoms with Crippen LogP contribution in [0.25, 0.3) is 0 Å². The second kappa shape index (κ2) is 6.82. The van der Waals surface area contributed by atoms with Gasteiger partial charge in [-0.2, -0.15) is 0 Å². The van der Waals surface area contributed by atoms with Gasteiger partial charge in [0, 0.05) is 19.6 Å². The highest BCUT2D eigenvalue weighted by Crippen LogP contribution is 2.21. The van der Waals surface area contributed by atoms with Gasteiger partial charge in [0.25, 0.3) is 0 Å². The number of carbonyl (C=O) groups excluding carboxylic acids is 1. The first-order valence-electron chi connectivity index (χ1n) is 6.63. The van der Waals surface area contributed by atoms with E-state index in [0.717, 1.165) is 20.2 Å². The Kier molecular flexibility index (Phi) is 5.08. The third-order valence-electron chi connectivity index (χ3n) is 3.35. The minimum absolute atomic E-state index is 0.00280.